The van der Waals surface area contributed by atoms with Crippen molar-refractivity contribution in [1.82, 2.24) is 5.16 Å². The summed E-state index contributed by atoms with van der Waals surface area (Å²) in [5.41, 5.74) is 1.71. The number of nitrogens with zero attached hydrogens (tertiary/aromatic N) is 1. The zero-order valence-electron chi connectivity index (χ0n) is 13.6. The van der Waals surface area contributed by atoms with Crippen LogP contribution in [0.4, 0.5) is 5.69 Å². The van der Waals surface area contributed by atoms with Crippen molar-refractivity contribution in [2.45, 2.75) is 31.6 Å². The van der Waals surface area contributed by atoms with Crippen LogP contribution in [0, 0.1) is 6.92 Å². The number of sulfonamides is 1. The minimum Gasteiger partial charge on any atom is -0.355 e. The van der Waals surface area contributed by atoms with E-state index in [0.29, 0.717) is 22.2 Å². The Hall–Kier alpha value is -2.12. The molecule has 0 amide bonds. The molecule has 0 radical (unpaired) electrons. The average molecular weight is 362 g/mol. The van der Waals surface area contributed by atoms with Gasteiger partial charge in [0.2, 0.25) is 0 Å². The summed E-state index contributed by atoms with van der Waals surface area (Å²) in [7, 11) is -3.65. The molecule has 3 aromatic rings. The van der Waals surface area contributed by atoms with Crippen LogP contribution in [-0.4, -0.2) is 13.6 Å². The van der Waals surface area contributed by atoms with Crippen LogP contribution >= 0.6 is 11.3 Å². The Morgan fingerprint density at radius 2 is 1.88 bits per heavy atom. The van der Waals surface area contributed by atoms with Crippen LogP contribution < -0.4 is 4.72 Å². The summed E-state index contributed by atoms with van der Waals surface area (Å²) in [6.07, 6.45) is 1.53. The van der Waals surface area contributed by atoms with E-state index >= 15 is 0 Å². The second-order valence-electron chi connectivity index (χ2n) is 5.79. The number of aromatic nitrogens is 1. The summed E-state index contributed by atoms with van der Waals surface area (Å²) >= 11 is 1.36. The zero-order chi connectivity index (χ0) is 17.3. The van der Waals surface area contributed by atoms with Crippen molar-refractivity contribution in [2.75, 3.05) is 4.72 Å². The molecule has 24 heavy (non-hydrogen) atoms. The highest BCUT2D eigenvalue weighted by Crippen LogP contribution is 2.34. The SMILES string of the molecule is Cc1sc(-c2ccno2)cc1S(=O)(=O)Nc1ccc(C(C)C)cc1. The van der Waals surface area contributed by atoms with Gasteiger partial charge in [-0.25, -0.2) is 8.42 Å². The molecule has 1 N–H and O–H groups in total. The summed E-state index contributed by atoms with van der Waals surface area (Å²) in [5.74, 6) is 0.963. The fourth-order valence-corrected chi connectivity index (χ4v) is 4.95. The molecule has 126 valence electrons. The third-order valence-corrected chi connectivity index (χ3v) is 6.37. The van der Waals surface area contributed by atoms with Gasteiger partial charge >= 0.3 is 0 Å². The molecule has 0 spiro atoms. The molecule has 0 aliphatic rings. The topological polar surface area (TPSA) is 72.2 Å². The number of anilines is 1. The molecule has 2 heterocycles. The maximum Gasteiger partial charge on any atom is 0.263 e. The smallest absolute Gasteiger partial charge is 0.263 e. The van der Waals surface area contributed by atoms with Gasteiger partial charge in [-0.1, -0.05) is 31.1 Å². The third kappa shape index (κ3) is 3.37. The molecular weight excluding hydrogens is 344 g/mol. The molecule has 0 fully saturated rings. The molecule has 0 saturated heterocycles. The van der Waals surface area contributed by atoms with Crippen molar-refractivity contribution in [1.29, 1.82) is 0 Å². The van der Waals surface area contributed by atoms with Crippen LogP contribution in [0.15, 0.2) is 52.0 Å². The molecule has 0 saturated carbocycles. The number of rotatable bonds is 5. The standard InChI is InChI=1S/C17H18N2O3S2/c1-11(2)13-4-6-14(7-5-13)19-24(20,21)17-10-16(23-12(17)3)15-8-9-18-22-15/h4-11,19H,1-3H3. The monoisotopic (exact) mass is 362 g/mol. The van der Waals surface area contributed by atoms with Crippen LogP contribution in [0.25, 0.3) is 10.6 Å². The average Bonchev–Trinajstić information content (AvgIpc) is 3.16. The zero-order valence-corrected chi connectivity index (χ0v) is 15.2. The first-order valence-electron chi connectivity index (χ1n) is 7.51. The molecule has 0 aliphatic heterocycles. The summed E-state index contributed by atoms with van der Waals surface area (Å²) in [5, 5.41) is 3.66. The van der Waals surface area contributed by atoms with E-state index in [4.69, 9.17) is 4.52 Å². The van der Waals surface area contributed by atoms with Gasteiger partial charge in [-0.3, -0.25) is 4.72 Å². The van der Waals surface area contributed by atoms with Crippen molar-refractivity contribution in [3.05, 3.63) is 53.0 Å². The predicted octanol–water partition coefficient (Wildman–Crippen LogP) is 4.64. The molecule has 5 nitrogen and oxygen atoms in total. The molecule has 0 aliphatic carbocycles. The van der Waals surface area contributed by atoms with Gasteiger partial charge in [-0.05, 0) is 36.6 Å². The number of nitrogens with one attached hydrogen (secondary N) is 1. The number of hydrogen-bond donors (Lipinski definition) is 1. The van der Waals surface area contributed by atoms with Gasteiger partial charge in [0, 0.05) is 16.6 Å². The second kappa shape index (κ2) is 6.41. The molecule has 2 aromatic heterocycles. The van der Waals surface area contributed by atoms with Crippen LogP contribution in [0.1, 0.15) is 30.2 Å². The van der Waals surface area contributed by atoms with E-state index in [1.165, 1.54) is 17.5 Å². The summed E-state index contributed by atoms with van der Waals surface area (Å²) in [4.78, 5) is 1.69. The van der Waals surface area contributed by atoms with Gasteiger partial charge in [-0.15, -0.1) is 11.3 Å². The van der Waals surface area contributed by atoms with Crippen LogP contribution in [0.3, 0.4) is 0 Å². The van der Waals surface area contributed by atoms with Crippen molar-refractivity contribution in [2.24, 2.45) is 0 Å². The van der Waals surface area contributed by atoms with E-state index in [9.17, 15) is 8.42 Å². The fraction of sp³-hybridized carbons (Fsp3) is 0.235. The first-order valence-corrected chi connectivity index (χ1v) is 9.81. The quantitative estimate of drug-likeness (QED) is 0.718. The molecule has 7 heteroatoms. The first kappa shape index (κ1) is 16.7. The van der Waals surface area contributed by atoms with Crippen molar-refractivity contribution in [3.63, 3.8) is 0 Å². The van der Waals surface area contributed by atoms with E-state index in [0.717, 1.165) is 10.4 Å². The Kier molecular flexibility index (Phi) is 4.47. The second-order valence-corrected chi connectivity index (χ2v) is 8.70. The number of aryl methyl sites for hydroxylation is 1. The molecule has 1 aromatic carbocycles. The van der Waals surface area contributed by atoms with Gasteiger partial charge in [0.25, 0.3) is 10.0 Å². The maximum atomic E-state index is 12.7. The summed E-state index contributed by atoms with van der Waals surface area (Å²) in [6.45, 7) is 5.97. The normalized spacial score (nSPS) is 11.8. The Labute approximate surface area is 145 Å². The number of hydrogen-bond acceptors (Lipinski definition) is 5. The lowest BCUT2D eigenvalue weighted by Crippen LogP contribution is -2.13. The van der Waals surface area contributed by atoms with Gasteiger partial charge in [-0.2, -0.15) is 0 Å². The highest BCUT2D eigenvalue weighted by molar-refractivity contribution is 7.93. The Morgan fingerprint density at radius 3 is 2.46 bits per heavy atom. The third-order valence-electron chi connectivity index (χ3n) is 3.67. The minimum atomic E-state index is -3.65. The molecule has 3 rings (SSSR count). The van der Waals surface area contributed by atoms with Gasteiger partial charge in [0.15, 0.2) is 5.76 Å². The molecule has 0 bridgehead atoms. The Balaban J connectivity index is 1.88. The molecule has 0 atom stereocenters. The summed E-state index contributed by atoms with van der Waals surface area (Å²) < 4.78 is 33.1. The molecule has 0 unspecified atom stereocenters. The minimum absolute atomic E-state index is 0.256. The van der Waals surface area contributed by atoms with E-state index in [-0.39, 0.29) is 4.90 Å². The van der Waals surface area contributed by atoms with E-state index in [1.807, 2.05) is 12.1 Å². The first-order chi connectivity index (χ1) is 11.4. The molecular formula is C17H18N2O3S2. The predicted molar refractivity (Wildman–Crippen MR) is 95.9 cm³/mol. The van der Waals surface area contributed by atoms with E-state index in [1.54, 1.807) is 31.2 Å². The largest absolute Gasteiger partial charge is 0.355 e. The highest BCUT2D eigenvalue weighted by atomic mass is 32.2. The van der Waals surface area contributed by atoms with E-state index < -0.39 is 10.0 Å². The Bertz CT molecular complexity index is 925. The number of benzene rings is 1. The number of thiophene rings is 1. The highest BCUT2D eigenvalue weighted by Gasteiger charge is 2.21. The van der Waals surface area contributed by atoms with Crippen LogP contribution in [0.2, 0.25) is 0 Å². The van der Waals surface area contributed by atoms with Crippen LogP contribution in [0.5, 0.6) is 0 Å². The van der Waals surface area contributed by atoms with Gasteiger partial charge in [0.05, 0.1) is 11.1 Å². The van der Waals surface area contributed by atoms with Crippen molar-refractivity contribution in [3.8, 4) is 10.6 Å². The fourth-order valence-electron chi connectivity index (χ4n) is 2.34. The van der Waals surface area contributed by atoms with Crippen molar-refractivity contribution < 1.29 is 12.9 Å². The van der Waals surface area contributed by atoms with Crippen molar-refractivity contribution >= 4 is 27.0 Å². The van der Waals surface area contributed by atoms with E-state index in [2.05, 4.69) is 23.7 Å². The van der Waals surface area contributed by atoms with Crippen LogP contribution in [-0.2, 0) is 10.0 Å². The van der Waals surface area contributed by atoms with Gasteiger partial charge < -0.3 is 4.52 Å². The summed E-state index contributed by atoms with van der Waals surface area (Å²) in [6, 6.07) is 10.8. The maximum absolute atomic E-state index is 12.7. The van der Waals surface area contributed by atoms with Gasteiger partial charge in [0.1, 0.15) is 4.90 Å². The lowest BCUT2D eigenvalue weighted by molar-refractivity contribution is 0.433. The lowest BCUT2D eigenvalue weighted by atomic mass is 10.0. The Morgan fingerprint density at radius 1 is 1.17 bits per heavy atom. The lowest BCUT2D eigenvalue weighted by Gasteiger charge is -2.10.